The largest absolute Gasteiger partial charge is 0.393 e. The van der Waals surface area contributed by atoms with Crippen molar-refractivity contribution < 1.29 is 10.0 Å². The number of benzene rings is 1. The van der Waals surface area contributed by atoms with Gasteiger partial charge in [-0.15, -0.1) is 0 Å². The maximum atomic E-state index is 10.9. The van der Waals surface area contributed by atoms with Crippen LogP contribution in [0.3, 0.4) is 0 Å². The molecule has 0 radical (unpaired) electrons. The smallest absolute Gasteiger partial charge is 0.275 e. The summed E-state index contributed by atoms with van der Waals surface area (Å²) < 4.78 is 0. The summed E-state index contributed by atoms with van der Waals surface area (Å²) in [4.78, 5) is 12.4. The molecule has 100 valence electrons. The van der Waals surface area contributed by atoms with Crippen molar-refractivity contribution in [3.8, 4) is 0 Å². The Hall–Kier alpha value is -1.17. The Morgan fingerprint density at radius 3 is 2.78 bits per heavy atom. The van der Waals surface area contributed by atoms with Crippen LogP contribution in [-0.2, 0) is 6.54 Å². The molecular formula is C12H17ClN2O3. The minimum Gasteiger partial charge on any atom is -0.393 e. The molecule has 1 rings (SSSR count). The summed E-state index contributed by atoms with van der Waals surface area (Å²) in [6.07, 6.45) is 0.239. The predicted octanol–water partition coefficient (Wildman–Crippen LogP) is 2.45. The highest BCUT2D eigenvalue weighted by Gasteiger charge is 2.17. The van der Waals surface area contributed by atoms with Crippen LogP contribution in [0.2, 0.25) is 5.02 Å². The van der Waals surface area contributed by atoms with Crippen molar-refractivity contribution in [3.05, 3.63) is 38.9 Å². The molecular weight excluding hydrogens is 256 g/mol. The van der Waals surface area contributed by atoms with E-state index in [2.05, 4.69) is 0 Å². The van der Waals surface area contributed by atoms with Crippen molar-refractivity contribution >= 4 is 17.3 Å². The van der Waals surface area contributed by atoms with Gasteiger partial charge in [0, 0.05) is 19.2 Å². The summed E-state index contributed by atoms with van der Waals surface area (Å²) >= 11 is 6.00. The Balaban J connectivity index is 2.80. The van der Waals surface area contributed by atoms with E-state index in [1.807, 2.05) is 11.9 Å². The summed E-state index contributed by atoms with van der Waals surface area (Å²) in [6.45, 7) is 2.76. The Kier molecular flexibility index (Phi) is 5.53. The highest BCUT2D eigenvalue weighted by molar-refractivity contribution is 6.31. The second kappa shape index (κ2) is 6.68. The van der Waals surface area contributed by atoms with Crippen LogP contribution >= 0.6 is 11.6 Å². The molecule has 1 unspecified atom stereocenters. The lowest BCUT2D eigenvalue weighted by molar-refractivity contribution is -0.385. The number of rotatable bonds is 6. The molecule has 1 aromatic rings. The van der Waals surface area contributed by atoms with E-state index in [1.54, 1.807) is 19.1 Å². The van der Waals surface area contributed by atoms with Gasteiger partial charge in [-0.1, -0.05) is 17.7 Å². The van der Waals surface area contributed by atoms with Crippen molar-refractivity contribution in [2.24, 2.45) is 0 Å². The zero-order valence-corrected chi connectivity index (χ0v) is 11.2. The summed E-state index contributed by atoms with van der Waals surface area (Å²) in [5.41, 5.74) is 0.545. The minimum absolute atomic E-state index is 0.0337. The average Bonchev–Trinajstić information content (AvgIpc) is 2.28. The van der Waals surface area contributed by atoms with Crippen LogP contribution in [0.15, 0.2) is 18.2 Å². The predicted molar refractivity (Wildman–Crippen MR) is 70.7 cm³/mol. The maximum Gasteiger partial charge on any atom is 0.275 e. The van der Waals surface area contributed by atoms with Gasteiger partial charge >= 0.3 is 0 Å². The lowest BCUT2D eigenvalue weighted by Gasteiger charge is -2.18. The molecule has 0 amide bonds. The van der Waals surface area contributed by atoms with Crippen LogP contribution < -0.4 is 0 Å². The Morgan fingerprint density at radius 1 is 1.56 bits per heavy atom. The van der Waals surface area contributed by atoms with Crippen molar-refractivity contribution in [2.75, 3.05) is 13.6 Å². The fraction of sp³-hybridized carbons (Fsp3) is 0.500. The Bertz CT molecular complexity index is 424. The minimum atomic E-state index is -0.427. The summed E-state index contributed by atoms with van der Waals surface area (Å²) in [5.74, 6) is 0. The average molecular weight is 273 g/mol. The van der Waals surface area contributed by atoms with Crippen LogP contribution in [0, 0.1) is 10.1 Å². The molecule has 0 bridgehead atoms. The third-order valence-electron chi connectivity index (χ3n) is 2.65. The quantitative estimate of drug-likeness (QED) is 0.638. The topological polar surface area (TPSA) is 66.6 Å². The Labute approximate surface area is 111 Å². The van der Waals surface area contributed by atoms with Gasteiger partial charge in [-0.05, 0) is 26.5 Å². The molecule has 0 fully saturated rings. The maximum absolute atomic E-state index is 10.9. The molecule has 0 aliphatic heterocycles. The number of nitrogens with zero attached hydrogens (tertiary/aromatic N) is 2. The molecule has 5 nitrogen and oxygen atoms in total. The molecule has 1 atom stereocenters. The molecule has 0 saturated heterocycles. The van der Waals surface area contributed by atoms with E-state index in [4.69, 9.17) is 11.6 Å². The van der Waals surface area contributed by atoms with E-state index in [-0.39, 0.29) is 11.8 Å². The van der Waals surface area contributed by atoms with Crippen LogP contribution in [-0.4, -0.2) is 34.6 Å². The second-order valence-corrected chi connectivity index (χ2v) is 4.78. The first kappa shape index (κ1) is 14.9. The third-order valence-corrected chi connectivity index (χ3v) is 3.00. The van der Waals surface area contributed by atoms with Crippen molar-refractivity contribution in [3.63, 3.8) is 0 Å². The fourth-order valence-electron chi connectivity index (χ4n) is 1.63. The SMILES string of the molecule is CC(O)CCN(C)Cc1c(Cl)cccc1[N+](=O)[O-]. The van der Waals surface area contributed by atoms with E-state index in [9.17, 15) is 15.2 Å². The standard InChI is InChI=1S/C12H17ClN2O3/c1-9(16)6-7-14(2)8-10-11(13)4-3-5-12(10)15(17)18/h3-5,9,16H,6-8H2,1-2H3. The van der Waals surface area contributed by atoms with Gasteiger partial charge in [0.15, 0.2) is 0 Å². The number of hydrogen-bond acceptors (Lipinski definition) is 4. The van der Waals surface area contributed by atoms with Crippen LogP contribution in [0.25, 0.3) is 0 Å². The number of nitro groups is 1. The number of aliphatic hydroxyl groups excluding tert-OH is 1. The molecule has 0 heterocycles. The number of nitro benzene ring substituents is 1. The molecule has 1 aromatic carbocycles. The third kappa shape index (κ3) is 4.25. The normalized spacial score (nSPS) is 12.7. The molecule has 18 heavy (non-hydrogen) atoms. The van der Waals surface area contributed by atoms with E-state index in [0.29, 0.717) is 30.1 Å². The van der Waals surface area contributed by atoms with Crippen LogP contribution in [0.5, 0.6) is 0 Å². The first-order valence-corrected chi connectivity index (χ1v) is 6.08. The van der Waals surface area contributed by atoms with Crippen molar-refractivity contribution in [1.82, 2.24) is 4.90 Å². The zero-order chi connectivity index (χ0) is 13.7. The molecule has 0 spiro atoms. The first-order chi connectivity index (χ1) is 8.41. The number of aliphatic hydroxyl groups is 1. The molecule has 0 aromatic heterocycles. The highest BCUT2D eigenvalue weighted by atomic mass is 35.5. The van der Waals surface area contributed by atoms with E-state index in [1.165, 1.54) is 6.07 Å². The molecule has 0 aliphatic carbocycles. The van der Waals surface area contributed by atoms with E-state index < -0.39 is 4.92 Å². The highest BCUT2D eigenvalue weighted by Crippen LogP contribution is 2.27. The van der Waals surface area contributed by atoms with Gasteiger partial charge in [0.1, 0.15) is 0 Å². The van der Waals surface area contributed by atoms with Crippen LogP contribution in [0.1, 0.15) is 18.9 Å². The van der Waals surface area contributed by atoms with Gasteiger partial charge < -0.3 is 10.0 Å². The lowest BCUT2D eigenvalue weighted by atomic mass is 10.1. The van der Waals surface area contributed by atoms with Gasteiger partial charge in [0.25, 0.3) is 5.69 Å². The number of hydrogen-bond donors (Lipinski definition) is 1. The summed E-state index contributed by atoms with van der Waals surface area (Å²) in [7, 11) is 1.84. The van der Waals surface area contributed by atoms with E-state index in [0.717, 1.165) is 0 Å². The van der Waals surface area contributed by atoms with Gasteiger partial charge in [-0.2, -0.15) is 0 Å². The molecule has 0 aliphatic rings. The van der Waals surface area contributed by atoms with E-state index >= 15 is 0 Å². The summed E-state index contributed by atoms with van der Waals surface area (Å²) in [6, 6.07) is 4.66. The number of halogens is 1. The van der Waals surface area contributed by atoms with Crippen molar-refractivity contribution in [1.29, 1.82) is 0 Å². The van der Waals surface area contributed by atoms with Gasteiger partial charge in [-0.3, -0.25) is 10.1 Å². The fourth-order valence-corrected chi connectivity index (χ4v) is 1.86. The Morgan fingerprint density at radius 2 is 2.22 bits per heavy atom. The van der Waals surface area contributed by atoms with Gasteiger partial charge in [0.2, 0.25) is 0 Å². The molecule has 1 N–H and O–H groups in total. The zero-order valence-electron chi connectivity index (χ0n) is 10.5. The monoisotopic (exact) mass is 272 g/mol. The van der Waals surface area contributed by atoms with Crippen molar-refractivity contribution in [2.45, 2.75) is 26.0 Å². The lowest BCUT2D eigenvalue weighted by Crippen LogP contribution is -2.22. The second-order valence-electron chi connectivity index (χ2n) is 4.37. The summed E-state index contributed by atoms with van der Waals surface area (Å²) in [5, 5.41) is 20.5. The van der Waals surface area contributed by atoms with Gasteiger partial charge in [-0.25, -0.2) is 0 Å². The molecule has 6 heteroatoms. The first-order valence-electron chi connectivity index (χ1n) is 5.70. The van der Waals surface area contributed by atoms with Crippen LogP contribution in [0.4, 0.5) is 5.69 Å². The van der Waals surface area contributed by atoms with Gasteiger partial charge in [0.05, 0.1) is 21.6 Å². The molecule has 0 saturated carbocycles.